The number of nitrogens with one attached hydrogen (secondary N) is 1. The summed E-state index contributed by atoms with van der Waals surface area (Å²) in [6.07, 6.45) is 1.71. The number of pyridine rings is 1. The molecule has 0 unspecified atom stereocenters. The molecule has 1 N–H and O–H groups in total. The molecular weight excluding hydrogens is 260 g/mol. The van der Waals surface area contributed by atoms with Crippen LogP contribution < -0.4 is 5.32 Å². The Morgan fingerprint density at radius 2 is 1.76 bits per heavy atom. The predicted molar refractivity (Wildman–Crippen MR) is 84.1 cm³/mol. The number of fused-ring (bicyclic) bond motifs is 1. The zero-order valence-electron chi connectivity index (χ0n) is 11.8. The van der Waals surface area contributed by atoms with Crippen molar-refractivity contribution in [3.8, 4) is 0 Å². The van der Waals surface area contributed by atoms with Gasteiger partial charge in [0.15, 0.2) is 0 Å². The minimum absolute atomic E-state index is 0.0438. The fourth-order valence-corrected chi connectivity index (χ4v) is 2.39. The first-order valence-electron chi connectivity index (χ1n) is 6.95. The van der Waals surface area contributed by atoms with E-state index < -0.39 is 0 Å². The number of rotatable bonds is 3. The smallest absolute Gasteiger partial charge is 0.253 e. The number of amides is 1. The molecule has 1 amide bonds. The Morgan fingerprint density at radius 1 is 1.00 bits per heavy atom. The van der Waals surface area contributed by atoms with Crippen LogP contribution in [0.4, 0.5) is 0 Å². The molecule has 0 aliphatic carbocycles. The van der Waals surface area contributed by atoms with Crippen molar-refractivity contribution in [2.45, 2.75) is 13.0 Å². The van der Waals surface area contributed by atoms with Crippen molar-refractivity contribution < 1.29 is 4.79 Å². The van der Waals surface area contributed by atoms with Crippen LogP contribution in [0.15, 0.2) is 66.9 Å². The number of para-hydroxylation sites is 1. The standard InChI is InChI=1S/C18H16N2O/c1-13(14-7-3-2-4-8-14)20-18(21)16-11-5-9-15-10-6-12-19-17(15)16/h2-13H,1H3,(H,20,21)/t13-/m0/s1. The molecule has 0 saturated carbocycles. The molecule has 0 radical (unpaired) electrons. The Hall–Kier alpha value is -2.68. The quantitative estimate of drug-likeness (QED) is 0.792. The summed E-state index contributed by atoms with van der Waals surface area (Å²) in [5, 5.41) is 4.00. The average molecular weight is 276 g/mol. The van der Waals surface area contributed by atoms with Gasteiger partial charge in [0.2, 0.25) is 0 Å². The van der Waals surface area contributed by atoms with Crippen LogP contribution in [-0.2, 0) is 0 Å². The molecule has 3 nitrogen and oxygen atoms in total. The highest BCUT2D eigenvalue weighted by molar-refractivity contribution is 6.05. The molecule has 2 aromatic carbocycles. The van der Waals surface area contributed by atoms with Gasteiger partial charge in [-0.25, -0.2) is 0 Å². The Morgan fingerprint density at radius 3 is 2.57 bits per heavy atom. The SMILES string of the molecule is C[C@H](NC(=O)c1cccc2cccnc12)c1ccccc1. The second kappa shape index (κ2) is 5.75. The van der Waals surface area contributed by atoms with Gasteiger partial charge in [0.1, 0.15) is 0 Å². The van der Waals surface area contributed by atoms with Crippen LogP contribution in [0.5, 0.6) is 0 Å². The number of hydrogen-bond acceptors (Lipinski definition) is 2. The van der Waals surface area contributed by atoms with E-state index >= 15 is 0 Å². The van der Waals surface area contributed by atoms with Gasteiger partial charge in [0.25, 0.3) is 5.91 Å². The molecule has 3 rings (SSSR count). The van der Waals surface area contributed by atoms with Crippen LogP contribution in [0.3, 0.4) is 0 Å². The second-order valence-corrected chi connectivity index (χ2v) is 4.99. The first-order chi connectivity index (χ1) is 10.3. The molecule has 0 aliphatic rings. The molecule has 0 fully saturated rings. The van der Waals surface area contributed by atoms with Crippen LogP contribution in [0.25, 0.3) is 10.9 Å². The maximum atomic E-state index is 12.5. The van der Waals surface area contributed by atoms with Crippen LogP contribution in [0, 0.1) is 0 Å². The van der Waals surface area contributed by atoms with Gasteiger partial charge in [-0.2, -0.15) is 0 Å². The monoisotopic (exact) mass is 276 g/mol. The molecule has 1 heterocycles. The lowest BCUT2D eigenvalue weighted by Gasteiger charge is -2.15. The summed E-state index contributed by atoms with van der Waals surface area (Å²) in [6, 6.07) is 19.3. The molecule has 3 heteroatoms. The minimum atomic E-state index is -0.101. The summed E-state index contributed by atoms with van der Waals surface area (Å²) in [5.41, 5.74) is 2.42. The molecule has 1 atom stereocenters. The number of benzene rings is 2. The van der Waals surface area contributed by atoms with E-state index in [4.69, 9.17) is 0 Å². The normalized spacial score (nSPS) is 12.0. The first-order valence-corrected chi connectivity index (χ1v) is 6.95. The Bertz CT molecular complexity index is 763. The van der Waals surface area contributed by atoms with Crippen molar-refractivity contribution in [2.75, 3.05) is 0 Å². The van der Waals surface area contributed by atoms with Crippen LogP contribution in [0.1, 0.15) is 28.9 Å². The summed E-state index contributed by atoms with van der Waals surface area (Å²) < 4.78 is 0. The molecular formula is C18H16N2O. The molecule has 0 saturated heterocycles. The van der Waals surface area contributed by atoms with Gasteiger partial charge in [-0.05, 0) is 24.6 Å². The van der Waals surface area contributed by atoms with Crippen molar-refractivity contribution in [2.24, 2.45) is 0 Å². The maximum absolute atomic E-state index is 12.5. The summed E-state index contributed by atoms with van der Waals surface area (Å²) in [4.78, 5) is 16.8. The lowest BCUT2D eigenvalue weighted by atomic mass is 10.1. The van der Waals surface area contributed by atoms with Crippen molar-refractivity contribution in [1.29, 1.82) is 0 Å². The van der Waals surface area contributed by atoms with Gasteiger partial charge in [-0.15, -0.1) is 0 Å². The van der Waals surface area contributed by atoms with Crippen molar-refractivity contribution in [1.82, 2.24) is 10.3 Å². The van der Waals surface area contributed by atoms with E-state index in [1.165, 1.54) is 0 Å². The van der Waals surface area contributed by atoms with Gasteiger partial charge in [-0.1, -0.05) is 48.5 Å². The van der Waals surface area contributed by atoms with Gasteiger partial charge in [0, 0.05) is 11.6 Å². The van der Waals surface area contributed by atoms with E-state index in [0.29, 0.717) is 5.56 Å². The second-order valence-electron chi connectivity index (χ2n) is 4.99. The van der Waals surface area contributed by atoms with Crippen LogP contribution >= 0.6 is 0 Å². The predicted octanol–water partition coefficient (Wildman–Crippen LogP) is 3.73. The number of aromatic nitrogens is 1. The maximum Gasteiger partial charge on any atom is 0.253 e. The zero-order chi connectivity index (χ0) is 14.7. The third-order valence-electron chi connectivity index (χ3n) is 3.52. The lowest BCUT2D eigenvalue weighted by Crippen LogP contribution is -2.26. The summed E-state index contributed by atoms with van der Waals surface area (Å²) in [5.74, 6) is -0.101. The highest BCUT2D eigenvalue weighted by Crippen LogP contribution is 2.18. The summed E-state index contributed by atoms with van der Waals surface area (Å²) >= 11 is 0. The molecule has 104 valence electrons. The van der Waals surface area contributed by atoms with E-state index in [1.54, 1.807) is 6.20 Å². The van der Waals surface area contributed by atoms with Crippen molar-refractivity contribution in [3.63, 3.8) is 0 Å². The van der Waals surface area contributed by atoms with E-state index in [2.05, 4.69) is 10.3 Å². The van der Waals surface area contributed by atoms with E-state index in [1.807, 2.05) is 67.6 Å². The number of carbonyl (C=O) groups is 1. The van der Waals surface area contributed by atoms with E-state index in [0.717, 1.165) is 16.5 Å². The lowest BCUT2D eigenvalue weighted by molar-refractivity contribution is 0.0941. The zero-order valence-corrected chi connectivity index (χ0v) is 11.8. The Labute approximate surface area is 123 Å². The van der Waals surface area contributed by atoms with E-state index in [9.17, 15) is 4.79 Å². The highest BCUT2D eigenvalue weighted by atomic mass is 16.1. The van der Waals surface area contributed by atoms with E-state index in [-0.39, 0.29) is 11.9 Å². The highest BCUT2D eigenvalue weighted by Gasteiger charge is 2.14. The van der Waals surface area contributed by atoms with Crippen molar-refractivity contribution in [3.05, 3.63) is 78.0 Å². The van der Waals surface area contributed by atoms with Crippen LogP contribution in [-0.4, -0.2) is 10.9 Å². The molecule has 21 heavy (non-hydrogen) atoms. The number of nitrogens with zero attached hydrogens (tertiary/aromatic N) is 1. The summed E-state index contributed by atoms with van der Waals surface area (Å²) in [7, 11) is 0. The summed E-state index contributed by atoms with van der Waals surface area (Å²) in [6.45, 7) is 1.98. The van der Waals surface area contributed by atoms with Gasteiger partial charge in [0.05, 0.1) is 17.1 Å². The fraction of sp³-hybridized carbons (Fsp3) is 0.111. The van der Waals surface area contributed by atoms with Gasteiger partial charge >= 0.3 is 0 Å². The molecule has 0 aliphatic heterocycles. The van der Waals surface area contributed by atoms with Gasteiger partial charge < -0.3 is 5.32 Å². The third-order valence-corrected chi connectivity index (χ3v) is 3.52. The fourth-order valence-electron chi connectivity index (χ4n) is 2.39. The Balaban J connectivity index is 1.88. The van der Waals surface area contributed by atoms with Crippen molar-refractivity contribution >= 4 is 16.8 Å². The third kappa shape index (κ3) is 2.77. The molecule has 0 spiro atoms. The van der Waals surface area contributed by atoms with Gasteiger partial charge in [-0.3, -0.25) is 9.78 Å². The Kier molecular flexibility index (Phi) is 3.65. The largest absolute Gasteiger partial charge is 0.345 e. The molecule has 3 aromatic rings. The topological polar surface area (TPSA) is 42.0 Å². The minimum Gasteiger partial charge on any atom is -0.345 e. The first kappa shape index (κ1) is 13.3. The number of hydrogen-bond donors (Lipinski definition) is 1. The average Bonchev–Trinajstić information content (AvgIpc) is 2.55. The molecule has 1 aromatic heterocycles. The molecule has 0 bridgehead atoms. The number of carbonyl (C=O) groups excluding carboxylic acids is 1. The van der Waals surface area contributed by atoms with Crippen LogP contribution in [0.2, 0.25) is 0 Å².